The highest BCUT2D eigenvalue weighted by Gasteiger charge is 2.57. The van der Waals surface area contributed by atoms with Crippen molar-refractivity contribution in [3.8, 4) is 0 Å². The minimum atomic E-state index is -1.23. The average Bonchev–Trinajstić information content (AvgIpc) is 3.54. The predicted molar refractivity (Wildman–Crippen MR) is 135 cm³/mol. The van der Waals surface area contributed by atoms with Crippen LogP contribution in [0, 0.1) is 0 Å². The maximum atomic E-state index is 13.2. The van der Waals surface area contributed by atoms with Gasteiger partial charge in [-0.3, -0.25) is 29.5 Å². The molecule has 1 saturated heterocycles. The fourth-order valence-corrected chi connectivity index (χ4v) is 7.18. The van der Waals surface area contributed by atoms with Crippen LogP contribution in [0.4, 0.5) is 10.1 Å². The van der Waals surface area contributed by atoms with Crippen molar-refractivity contribution in [3.05, 3.63) is 70.2 Å². The zero-order valence-electron chi connectivity index (χ0n) is 18.2. The molecule has 9 nitrogen and oxygen atoms in total. The largest absolute Gasteiger partial charge is 0.477 e. The molecule has 2 N–H and O–H groups in total. The zero-order valence-corrected chi connectivity index (χ0v) is 20.7. The second kappa shape index (κ2) is 9.29. The van der Waals surface area contributed by atoms with Crippen molar-refractivity contribution in [2.75, 3.05) is 16.0 Å². The molecule has 2 atom stereocenters. The molecule has 0 radical (unpaired) electrons. The third kappa shape index (κ3) is 4.13. The Labute approximate surface area is 212 Å². The number of aliphatic carboxylic acids is 1. The summed E-state index contributed by atoms with van der Waals surface area (Å²) in [7, 11) is 0. The van der Waals surface area contributed by atoms with Gasteiger partial charge >= 0.3 is 5.97 Å². The van der Waals surface area contributed by atoms with Crippen LogP contribution in [0.1, 0.15) is 22.2 Å². The quantitative estimate of drug-likeness (QED) is 0.471. The Morgan fingerprint density at radius 1 is 1.17 bits per heavy atom. The van der Waals surface area contributed by atoms with Crippen molar-refractivity contribution in [3.63, 3.8) is 0 Å². The number of anilines is 2. The third-order valence-corrected chi connectivity index (χ3v) is 8.67. The van der Waals surface area contributed by atoms with Crippen molar-refractivity contribution in [2.24, 2.45) is 0 Å². The molecule has 178 valence electrons. The number of benzene rings is 1. The molecule has 0 saturated carbocycles. The standard InChI is InChI=1S/C23H18N4O5S3/c1-12(28)26(16-8-5-9-33-16)18-20(30)27-17(22(31)32)14(11-34-21(18)27)15-10-24-23(35-15)25-19(29)13-6-3-2-4-7-13/h2-10,18,21H,11H2,1H3,(H,31,32)(H,24,25,29). The van der Waals surface area contributed by atoms with Crippen LogP contribution in [-0.4, -0.2) is 55.8 Å². The molecule has 2 aromatic heterocycles. The first-order chi connectivity index (χ1) is 16.9. The maximum absolute atomic E-state index is 13.2. The lowest BCUT2D eigenvalue weighted by Gasteiger charge is -2.52. The highest BCUT2D eigenvalue weighted by Crippen LogP contribution is 2.47. The van der Waals surface area contributed by atoms with E-state index in [4.69, 9.17) is 0 Å². The first kappa shape index (κ1) is 23.3. The van der Waals surface area contributed by atoms with Crippen LogP contribution in [0.3, 0.4) is 0 Å². The molecule has 5 rings (SSSR count). The summed E-state index contributed by atoms with van der Waals surface area (Å²) in [6.07, 6.45) is 1.50. The highest BCUT2D eigenvalue weighted by molar-refractivity contribution is 8.00. The Hall–Kier alpha value is -3.48. The molecular weight excluding hydrogens is 508 g/mol. The van der Waals surface area contributed by atoms with Crippen molar-refractivity contribution in [1.29, 1.82) is 0 Å². The Balaban J connectivity index is 1.42. The summed E-state index contributed by atoms with van der Waals surface area (Å²) in [5.41, 5.74) is 0.812. The maximum Gasteiger partial charge on any atom is 0.353 e. The number of carboxylic acids is 1. The van der Waals surface area contributed by atoms with Crippen molar-refractivity contribution >= 4 is 73.8 Å². The number of carbonyl (C=O) groups is 4. The second-order valence-corrected chi connectivity index (χ2v) is 10.7. The number of rotatable bonds is 6. The van der Waals surface area contributed by atoms with E-state index in [0.29, 0.717) is 31.9 Å². The summed E-state index contributed by atoms with van der Waals surface area (Å²) in [6, 6.07) is 11.5. The van der Waals surface area contributed by atoms with Crippen molar-refractivity contribution in [2.45, 2.75) is 18.3 Å². The predicted octanol–water partition coefficient (Wildman–Crippen LogP) is 3.59. The van der Waals surface area contributed by atoms with Gasteiger partial charge in [0.1, 0.15) is 17.1 Å². The first-order valence-electron chi connectivity index (χ1n) is 10.4. The lowest BCUT2D eigenvalue weighted by atomic mass is 10.0. The lowest BCUT2D eigenvalue weighted by molar-refractivity contribution is -0.148. The Kier molecular flexibility index (Phi) is 6.17. The minimum Gasteiger partial charge on any atom is -0.477 e. The van der Waals surface area contributed by atoms with Gasteiger partial charge in [0.25, 0.3) is 11.8 Å². The fraction of sp³-hybridized carbons (Fsp3) is 0.174. The number of hydrogen-bond acceptors (Lipinski definition) is 8. The molecule has 3 amide bonds. The van der Waals surface area contributed by atoms with E-state index in [1.165, 1.54) is 46.0 Å². The van der Waals surface area contributed by atoms with Gasteiger partial charge in [-0.1, -0.05) is 29.5 Å². The van der Waals surface area contributed by atoms with Gasteiger partial charge in [-0.15, -0.1) is 23.1 Å². The van der Waals surface area contributed by atoms with E-state index in [9.17, 15) is 24.3 Å². The number of carbonyl (C=O) groups excluding carboxylic acids is 3. The number of nitrogens with zero attached hydrogens (tertiary/aromatic N) is 3. The topological polar surface area (TPSA) is 120 Å². The molecule has 0 bridgehead atoms. The van der Waals surface area contributed by atoms with Gasteiger partial charge in [0.2, 0.25) is 5.91 Å². The summed E-state index contributed by atoms with van der Waals surface area (Å²) >= 11 is 3.89. The van der Waals surface area contributed by atoms with Crippen molar-refractivity contribution in [1.82, 2.24) is 9.88 Å². The summed E-state index contributed by atoms with van der Waals surface area (Å²) in [5.74, 6) is -1.96. The molecule has 1 fully saturated rings. The van der Waals surface area contributed by atoms with Crippen LogP contribution < -0.4 is 10.2 Å². The van der Waals surface area contributed by atoms with Gasteiger partial charge in [-0.25, -0.2) is 9.78 Å². The van der Waals surface area contributed by atoms with Gasteiger partial charge in [-0.2, -0.15) is 0 Å². The number of thiazole rings is 1. The van der Waals surface area contributed by atoms with E-state index < -0.39 is 23.3 Å². The van der Waals surface area contributed by atoms with Gasteiger partial charge in [0.15, 0.2) is 5.13 Å². The molecule has 0 spiro atoms. The van der Waals surface area contributed by atoms with Crippen LogP contribution in [-0.2, 0) is 14.4 Å². The molecule has 3 aromatic rings. The molecular formula is C23H18N4O5S3. The summed E-state index contributed by atoms with van der Waals surface area (Å²) in [6.45, 7) is 1.39. The van der Waals surface area contributed by atoms with Crippen LogP contribution in [0.2, 0.25) is 0 Å². The SMILES string of the molecule is CC(=O)N(c1cccs1)C1C(=O)N2C(C(=O)O)=C(c3cnc(NC(=O)c4ccccc4)s3)CSC12. The molecule has 4 heterocycles. The highest BCUT2D eigenvalue weighted by atomic mass is 32.2. The number of thiophene rings is 1. The van der Waals surface area contributed by atoms with Crippen LogP contribution in [0.15, 0.2) is 59.7 Å². The zero-order chi connectivity index (χ0) is 24.7. The second-order valence-electron chi connectivity index (χ2n) is 7.68. The van der Waals surface area contributed by atoms with Crippen molar-refractivity contribution < 1.29 is 24.3 Å². The number of amides is 3. The molecule has 12 heteroatoms. The molecule has 2 unspecified atom stereocenters. The molecule has 2 aliphatic rings. The number of nitrogens with one attached hydrogen (secondary N) is 1. The molecule has 0 aliphatic carbocycles. The molecule has 1 aromatic carbocycles. The number of fused-ring (bicyclic) bond motifs is 1. The number of hydrogen-bond donors (Lipinski definition) is 2. The average molecular weight is 527 g/mol. The van der Waals surface area contributed by atoms with Crippen LogP contribution in [0.25, 0.3) is 5.57 Å². The minimum absolute atomic E-state index is 0.116. The summed E-state index contributed by atoms with van der Waals surface area (Å²) < 4.78 is 0. The van der Waals surface area contributed by atoms with Crippen LogP contribution >= 0.6 is 34.4 Å². The van der Waals surface area contributed by atoms with E-state index in [1.54, 1.807) is 36.4 Å². The Morgan fingerprint density at radius 3 is 2.60 bits per heavy atom. The van der Waals surface area contributed by atoms with Gasteiger partial charge in [-0.05, 0) is 29.6 Å². The molecule has 35 heavy (non-hydrogen) atoms. The van der Waals surface area contributed by atoms with Crippen LogP contribution in [0.5, 0.6) is 0 Å². The lowest BCUT2D eigenvalue weighted by Crippen LogP contribution is -2.71. The monoisotopic (exact) mass is 526 g/mol. The van der Waals surface area contributed by atoms with Gasteiger partial charge in [0, 0.05) is 30.0 Å². The summed E-state index contributed by atoms with van der Waals surface area (Å²) in [5, 5.41) is 15.0. The van der Waals surface area contributed by atoms with E-state index in [0.717, 1.165) is 11.3 Å². The fourth-order valence-electron chi connectivity index (χ4n) is 4.02. The number of thioether (sulfide) groups is 1. The van der Waals surface area contributed by atoms with E-state index >= 15 is 0 Å². The Bertz CT molecular complexity index is 1350. The number of aromatic nitrogens is 1. The van der Waals surface area contributed by atoms with E-state index in [1.807, 2.05) is 11.4 Å². The van der Waals surface area contributed by atoms with Gasteiger partial charge < -0.3 is 5.11 Å². The van der Waals surface area contributed by atoms with Gasteiger partial charge in [0.05, 0.1) is 9.88 Å². The van der Waals surface area contributed by atoms with E-state index in [-0.39, 0.29) is 17.5 Å². The smallest absolute Gasteiger partial charge is 0.353 e. The normalized spacial score (nSPS) is 19.1. The Morgan fingerprint density at radius 2 is 1.94 bits per heavy atom. The summed E-state index contributed by atoms with van der Waals surface area (Å²) in [4.78, 5) is 57.7. The van der Waals surface area contributed by atoms with E-state index in [2.05, 4.69) is 10.3 Å². The third-order valence-electron chi connectivity index (χ3n) is 5.56. The number of carboxylic acid groups (broad SMARTS) is 1. The first-order valence-corrected chi connectivity index (χ1v) is 13.2. The molecule has 2 aliphatic heterocycles. The number of β-lactam (4-membered cyclic amide) rings is 1.